The third kappa shape index (κ3) is 3.62. The quantitative estimate of drug-likeness (QED) is 0.302. The van der Waals surface area contributed by atoms with E-state index in [9.17, 15) is 4.79 Å². The molecule has 1 amide bonds. The van der Waals surface area contributed by atoms with E-state index in [2.05, 4.69) is 40.3 Å². The number of hydrogen-bond donors (Lipinski definition) is 2. The van der Waals surface area contributed by atoms with E-state index in [-0.39, 0.29) is 5.69 Å². The molecule has 8 heteroatoms. The Balaban J connectivity index is 1.63. The highest BCUT2D eigenvalue weighted by molar-refractivity contribution is 6.35. The molecule has 0 fully saturated rings. The van der Waals surface area contributed by atoms with Crippen molar-refractivity contribution in [3.63, 3.8) is 0 Å². The monoisotopic (exact) mass is 464 g/mol. The van der Waals surface area contributed by atoms with Crippen molar-refractivity contribution in [2.24, 2.45) is 0 Å². The molecule has 2 heterocycles. The minimum absolute atomic E-state index is 0.0606. The van der Waals surface area contributed by atoms with Gasteiger partial charge in [0, 0.05) is 28.5 Å². The normalized spacial score (nSPS) is 12.7. The number of carbonyl (C=O) groups is 1. The molecule has 3 aromatic carbocycles. The first-order valence-electron chi connectivity index (χ1n) is 10.0. The van der Waals surface area contributed by atoms with Crippen molar-refractivity contribution < 1.29 is 10.0 Å². The molecule has 160 valence electrons. The number of nitrogens with one attached hydrogen (secondary N) is 1. The van der Waals surface area contributed by atoms with Gasteiger partial charge in [0.05, 0.1) is 16.4 Å². The van der Waals surface area contributed by atoms with Gasteiger partial charge in [-0.1, -0.05) is 53.5 Å². The molecule has 0 spiro atoms. The van der Waals surface area contributed by atoms with Gasteiger partial charge in [0.15, 0.2) is 5.69 Å². The number of para-hydroxylation sites is 1. The molecule has 32 heavy (non-hydrogen) atoms. The number of hydroxylamine groups is 1. The molecule has 4 aromatic rings. The van der Waals surface area contributed by atoms with Crippen LogP contribution in [0.4, 0.5) is 11.4 Å². The largest absolute Gasteiger partial charge is 0.341 e. The fourth-order valence-corrected chi connectivity index (χ4v) is 4.52. The van der Waals surface area contributed by atoms with Gasteiger partial charge in [0.25, 0.3) is 5.91 Å². The Morgan fingerprint density at radius 1 is 0.969 bits per heavy atom. The number of amides is 1. The number of aromatic nitrogens is 2. The lowest BCUT2D eigenvalue weighted by Crippen LogP contribution is -2.19. The lowest BCUT2D eigenvalue weighted by molar-refractivity contribution is 0.0700. The maximum absolute atomic E-state index is 12.1. The smallest absolute Gasteiger partial charge is 0.295 e. The van der Waals surface area contributed by atoms with Crippen molar-refractivity contribution in [1.29, 1.82) is 0 Å². The summed E-state index contributed by atoms with van der Waals surface area (Å²) in [5.74, 6) is -0.709. The second-order valence-corrected chi connectivity index (χ2v) is 8.29. The summed E-state index contributed by atoms with van der Waals surface area (Å²) in [6.45, 7) is 0.892. The summed E-state index contributed by atoms with van der Waals surface area (Å²) in [6, 6.07) is 23.1. The summed E-state index contributed by atoms with van der Waals surface area (Å²) in [5.41, 5.74) is 7.32. The van der Waals surface area contributed by atoms with E-state index < -0.39 is 5.91 Å². The van der Waals surface area contributed by atoms with E-state index in [1.165, 1.54) is 11.3 Å². The maximum atomic E-state index is 12.1. The van der Waals surface area contributed by atoms with Crippen LogP contribution in [0.3, 0.4) is 0 Å². The molecule has 0 atom stereocenters. The third-order valence-corrected chi connectivity index (χ3v) is 6.06. The van der Waals surface area contributed by atoms with Crippen molar-refractivity contribution in [1.82, 2.24) is 15.3 Å². The van der Waals surface area contributed by atoms with Crippen LogP contribution in [0.5, 0.6) is 0 Å². The number of halogens is 2. The number of anilines is 2. The van der Waals surface area contributed by atoms with Crippen molar-refractivity contribution >= 4 is 40.5 Å². The Labute approximate surface area is 194 Å². The molecule has 0 radical (unpaired) electrons. The lowest BCUT2D eigenvalue weighted by Gasteiger charge is -2.20. The maximum Gasteiger partial charge on any atom is 0.295 e. The van der Waals surface area contributed by atoms with Gasteiger partial charge in [-0.05, 0) is 54.4 Å². The third-order valence-electron chi connectivity index (χ3n) is 5.52. The summed E-state index contributed by atoms with van der Waals surface area (Å²) in [4.78, 5) is 14.4. The van der Waals surface area contributed by atoms with Crippen LogP contribution in [0.1, 0.15) is 16.1 Å². The first-order valence-corrected chi connectivity index (χ1v) is 10.8. The summed E-state index contributed by atoms with van der Waals surface area (Å²) < 4.78 is 1.58. The number of carbonyl (C=O) groups excluding carboxylic acids is 1. The average molecular weight is 465 g/mol. The van der Waals surface area contributed by atoms with Crippen molar-refractivity contribution in [2.45, 2.75) is 6.42 Å². The lowest BCUT2D eigenvalue weighted by atomic mass is 10.1. The molecule has 6 nitrogen and oxygen atoms in total. The zero-order valence-electron chi connectivity index (χ0n) is 16.8. The van der Waals surface area contributed by atoms with Crippen LogP contribution in [-0.4, -0.2) is 27.4 Å². The van der Waals surface area contributed by atoms with Crippen molar-refractivity contribution in [3.8, 4) is 16.9 Å². The van der Waals surface area contributed by atoms with Crippen molar-refractivity contribution in [3.05, 3.63) is 94.1 Å². The van der Waals surface area contributed by atoms with E-state index in [1.54, 1.807) is 34.4 Å². The highest BCUT2D eigenvalue weighted by Gasteiger charge is 2.22. The topological polar surface area (TPSA) is 70.4 Å². The summed E-state index contributed by atoms with van der Waals surface area (Å²) in [7, 11) is 0. The minimum Gasteiger partial charge on any atom is -0.341 e. The first kappa shape index (κ1) is 20.6. The second kappa shape index (κ2) is 8.31. The van der Waals surface area contributed by atoms with Gasteiger partial charge in [-0.25, -0.2) is 10.2 Å². The first-order chi connectivity index (χ1) is 15.5. The van der Waals surface area contributed by atoms with Gasteiger partial charge < -0.3 is 4.90 Å². The Bertz CT molecular complexity index is 1340. The minimum atomic E-state index is -0.709. The van der Waals surface area contributed by atoms with Gasteiger partial charge in [-0.2, -0.15) is 5.10 Å². The van der Waals surface area contributed by atoms with Gasteiger partial charge in [0.2, 0.25) is 0 Å². The molecule has 1 aromatic heterocycles. The van der Waals surface area contributed by atoms with E-state index in [0.29, 0.717) is 21.4 Å². The molecule has 0 bridgehead atoms. The Kier molecular flexibility index (Phi) is 5.35. The van der Waals surface area contributed by atoms with Crippen LogP contribution in [-0.2, 0) is 6.42 Å². The van der Waals surface area contributed by atoms with Crippen LogP contribution in [0.2, 0.25) is 10.0 Å². The van der Waals surface area contributed by atoms with Gasteiger partial charge in [0.1, 0.15) is 0 Å². The molecule has 2 N–H and O–H groups in total. The Morgan fingerprint density at radius 3 is 2.62 bits per heavy atom. The van der Waals surface area contributed by atoms with E-state index in [1.807, 2.05) is 18.2 Å². The summed E-state index contributed by atoms with van der Waals surface area (Å²) >= 11 is 12.5. The summed E-state index contributed by atoms with van der Waals surface area (Å²) in [6.07, 6.45) is 0.986. The zero-order valence-corrected chi connectivity index (χ0v) is 18.3. The Morgan fingerprint density at radius 2 is 1.81 bits per heavy atom. The molecule has 5 rings (SSSR count). The molecule has 0 saturated heterocycles. The number of hydrogen-bond acceptors (Lipinski definition) is 4. The van der Waals surface area contributed by atoms with Crippen LogP contribution >= 0.6 is 23.2 Å². The number of nitrogens with zero attached hydrogens (tertiary/aromatic N) is 3. The number of rotatable bonds is 4. The van der Waals surface area contributed by atoms with Gasteiger partial charge in [-0.3, -0.25) is 10.0 Å². The average Bonchev–Trinajstić information content (AvgIpc) is 3.44. The zero-order chi connectivity index (χ0) is 22.2. The van der Waals surface area contributed by atoms with Crippen LogP contribution < -0.4 is 10.4 Å². The molecule has 0 saturated carbocycles. The van der Waals surface area contributed by atoms with Gasteiger partial charge >= 0.3 is 0 Å². The SMILES string of the molecule is O=C(NO)c1cc(-c2cccc(N3CCc4ccccc43)c2)n(-c2ccc(Cl)cc2Cl)n1. The molecule has 1 aliphatic heterocycles. The second-order valence-electron chi connectivity index (χ2n) is 7.44. The van der Waals surface area contributed by atoms with Crippen LogP contribution in [0.25, 0.3) is 16.9 Å². The van der Waals surface area contributed by atoms with Gasteiger partial charge in [-0.15, -0.1) is 0 Å². The molecule has 0 aliphatic carbocycles. The number of benzene rings is 3. The highest BCUT2D eigenvalue weighted by atomic mass is 35.5. The van der Waals surface area contributed by atoms with E-state index in [0.717, 1.165) is 24.2 Å². The Hall–Kier alpha value is -3.32. The predicted molar refractivity (Wildman–Crippen MR) is 125 cm³/mol. The standard InChI is InChI=1S/C24H18Cl2N4O2/c25-17-8-9-22(19(26)13-17)30-23(14-20(27-30)24(31)28-32)16-5-3-6-18(12-16)29-11-10-15-4-1-2-7-21(15)29/h1-9,12-14,32H,10-11H2,(H,28,31). The van der Waals surface area contributed by atoms with E-state index >= 15 is 0 Å². The van der Waals surface area contributed by atoms with Crippen molar-refractivity contribution in [2.75, 3.05) is 11.4 Å². The highest BCUT2D eigenvalue weighted by Crippen LogP contribution is 2.37. The fourth-order valence-electron chi connectivity index (χ4n) is 4.03. The van der Waals surface area contributed by atoms with E-state index in [4.69, 9.17) is 28.4 Å². The predicted octanol–water partition coefficient (Wildman–Crippen LogP) is 5.66. The fraction of sp³-hybridized carbons (Fsp3) is 0.0833. The molecule has 0 unspecified atom stereocenters. The van der Waals surface area contributed by atoms with Crippen LogP contribution in [0, 0.1) is 0 Å². The molecule has 1 aliphatic rings. The number of fused-ring (bicyclic) bond motifs is 1. The van der Waals surface area contributed by atoms with Crippen LogP contribution in [0.15, 0.2) is 72.8 Å². The molecular weight excluding hydrogens is 447 g/mol. The molecular formula is C24H18Cl2N4O2. The summed E-state index contributed by atoms with van der Waals surface area (Å²) in [5, 5.41) is 14.4.